The molecule has 0 aromatic rings. The SMILES string of the molecule is CC1(C)CCC(C)(C)[N-]1.CC1(C)CCC(C)(C)[N-]1.CC1(C)CCC(C)(C)[N-]1.CC1(C)[CH-]C(C)(C)CC1.[Ti+2].[Ti+3]. The van der Waals surface area contributed by atoms with E-state index >= 15 is 0 Å². The average molecular weight is 600 g/mol. The van der Waals surface area contributed by atoms with E-state index in [9.17, 15) is 0 Å². The summed E-state index contributed by atoms with van der Waals surface area (Å²) in [7, 11) is 0. The minimum absolute atomic E-state index is 0. The molecule has 3 nitrogen and oxygen atoms in total. The summed E-state index contributed by atoms with van der Waals surface area (Å²) in [6.07, 6.45) is 12.7. The fraction of sp³-hybridized carbons (Fsp3) is 0.970. The van der Waals surface area contributed by atoms with Crippen LogP contribution < -0.4 is 0 Å². The van der Waals surface area contributed by atoms with Crippen LogP contribution in [0.2, 0.25) is 0 Å². The van der Waals surface area contributed by atoms with E-state index in [1.54, 1.807) is 0 Å². The Morgan fingerprint density at radius 3 is 0.553 bits per heavy atom. The monoisotopic (exact) mass is 599 g/mol. The number of nitrogens with zero attached hydrogens (tertiary/aromatic N) is 3. The second-order valence-electron chi connectivity index (χ2n) is 17.3. The topological polar surface area (TPSA) is 42.3 Å². The molecule has 0 N–H and O–H groups in total. The first-order chi connectivity index (χ1) is 15.7. The standard InChI is InChI=1S/C9H17.3C8H16N.2Ti/c1-8(2)5-6-9(3,4)7-8;3*1-7(2)5-6-8(3,4)9-7;;/h7H,5-6H2,1-4H3;3*5-6H2,1-4H3;;/q4*-1;+2;+3. The van der Waals surface area contributed by atoms with Gasteiger partial charge in [-0.2, -0.15) is 10.8 Å². The van der Waals surface area contributed by atoms with Crippen molar-refractivity contribution >= 4 is 0 Å². The summed E-state index contributed by atoms with van der Waals surface area (Å²) < 4.78 is 0. The van der Waals surface area contributed by atoms with Gasteiger partial charge in [-0.25, -0.2) is 0 Å². The maximum atomic E-state index is 4.65. The Labute approximate surface area is 270 Å². The fourth-order valence-corrected chi connectivity index (χ4v) is 6.48. The van der Waals surface area contributed by atoms with E-state index in [4.69, 9.17) is 0 Å². The Morgan fingerprint density at radius 1 is 0.342 bits per heavy atom. The van der Waals surface area contributed by atoms with Gasteiger partial charge in [0.05, 0.1) is 0 Å². The Bertz CT molecular complexity index is 527. The third kappa shape index (κ3) is 17.3. The predicted molar refractivity (Wildman–Crippen MR) is 163 cm³/mol. The van der Waals surface area contributed by atoms with Gasteiger partial charge >= 0.3 is 43.4 Å². The van der Waals surface area contributed by atoms with Gasteiger partial charge in [-0.05, 0) is 0 Å². The van der Waals surface area contributed by atoms with Crippen molar-refractivity contribution in [3.05, 3.63) is 22.4 Å². The molecule has 1 aliphatic carbocycles. The van der Waals surface area contributed by atoms with Gasteiger partial charge < -0.3 is 22.4 Å². The second kappa shape index (κ2) is 14.2. The molecule has 0 spiro atoms. The van der Waals surface area contributed by atoms with E-state index in [0.717, 1.165) is 0 Å². The molecule has 3 saturated heterocycles. The largest absolute Gasteiger partial charge is 3.00 e. The molecule has 1 radical (unpaired) electrons. The summed E-state index contributed by atoms with van der Waals surface area (Å²) in [6.45, 7) is 35.8. The van der Waals surface area contributed by atoms with Crippen LogP contribution in [-0.2, 0) is 43.4 Å². The van der Waals surface area contributed by atoms with Gasteiger partial charge in [-0.15, -0.1) is 33.2 Å². The summed E-state index contributed by atoms with van der Waals surface area (Å²) >= 11 is 0. The quantitative estimate of drug-likeness (QED) is 0.196. The van der Waals surface area contributed by atoms with Crippen LogP contribution in [0.5, 0.6) is 0 Å². The Balaban J connectivity index is 0. The minimum Gasteiger partial charge on any atom is -0.652 e. The Kier molecular flexibility index (Phi) is 15.5. The molecule has 38 heavy (non-hydrogen) atoms. The summed E-state index contributed by atoms with van der Waals surface area (Å²) in [6, 6.07) is 0. The molecule has 3 heterocycles. The van der Waals surface area contributed by atoms with Crippen LogP contribution in [0.3, 0.4) is 0 Å². The molecular formula is C33H65N3Ti2+. The van der Waals surface area contributed by atoms with Crippen LogP contribution in [0.25, 0.3) is 16.0 Å². The second-order valence-corrected chi connectivity index (χ2v) is 17.3. The molecule has 0 atom stereocenters. The van der Waals surface area contributed by atoms with Crippen molar-refractivity contribution in [1.29, 1.82) is 0 Å². The van der Waals surface area contributed by atoms with Gasteiger partial charge in [0.15, 0.2) is 0 Å². The van der Waals surface area contributed by atoms with E-state index in [-0.39, 0.29) is 76.7 Å². The smallest absolute Gasteiger partial charge is 0.652 e. The van der Waals surface area contributed by atoms with Gasteiger partial charge in [0.2, 0.25) is 0 Å². The molecule has 219 valence electrons. The minimum atomic E-state index is 0. The Hall–Kier alpha value is 1.31. The molecule has 0 amide bonds. The zero-order valence-electron chi connectivity index (χ0n) is 28.6. The molecule has 0 aromatic heterocycles. The molecule has 4 fully saturated rings. The molecule has 4 rings (SSSR count). The van der Waals surface area contributed by atoms with E-state index in [2.05, 4.69) is 133 Å². The zero-order chi connectivity index (χ0) is 28.5. The van der Waals surface area contributed by atoms with Crippen LogP contribution in [0.4, 0.5) is 0 Å². The van der Waals surface area contributed by atoms with Crippen molar-refractivity contribution in [3.63, 3.8) is 0 Å². The molecule has 5 heteroatoms. The number of rotatable bonds is 0. The number of hydrogen-bond donors (Lipinski definition) is 0. The first-order valence-corrected chi connectivity index (χ1v) is 14.7. The maximum absolute atomic E-state index is 4.65. The summed E-state index contributed by atoms with van der Waals surface area (Å²) in [4.78, 5) is 0. The van der Waals surface area contributed by atoms with Crippen molar-refractivity contribution in [2.75, 3.05) is 0 Å². The van der Waals surface area contributed by atoms with E-state index in [1.165, 1.54) is 51.4 Å². The van der Waals surface area contributed by atoms with Crippen molar-refractivity contribution in [3.8, 4) is 0 Å². The summed E-state index contributed by atoms with van der Waals surface area (Å²) in [5.74, 6) is 0. The van der Waals surface area contributed by atoms with Crippen molar-refractivity contribution in [2.24, 2.45) is 10.8 Å². The molecular weight excluding hydrogens is 534 g/mol. The van der Waals surface area contributed by atoms with E-state index < -0.39 is 0 Å². The summed E-state index contributed by atoms with van der Waals surface area (Å²) in [5, 5.41) is 14.0. The van der Waals surface area contributed by atoms with Crippen molar-refractivity contribution < 1.29 is 43.4 Å². The molecule has 0 unspecified atom stereocenters. The van der Waals surface area contributed by atoms with E-state index in [0.29, 0.717) is 10.8 Å². The van der Waals surface area contributed by atoms with Crippen LogP contribution >= 0.6 is 0 Å². The van der Waals surface area contributed by atoms with Gasteiger partial charge in [0.1, 0.15) is 0 Å². The maximum Gasteiger partial charge on any atom is 3.00 e. The van der Waals surface area contributed by atoms with Crippen LogP contribution in [0.1, 0.15) is 162 Å². The molecule has 0 aromatic carbocycles. The first kappa shape index (κ1) is 41.4. The van der Waals surface area contributed by atoms with Crippen LogP contribution in [0.15, 0.2) is 0 Å². The van der Waals surface area contributed by atoms with Gasteiger partial charge in [0, 0.05) is 0 Å². The Morgan fingerprint density at radius 2 is 0.500 bits per heavy atom. The average Bonchev–Trinajstić information content (AvgIpc) is 3.22. The molecule has 0 bridgehead atoms. The molecule has 1 saturated carbocycles. The van der Waals surface area contributed by atoms with Crippen LogP contribution in [-0.4, -0.2) is 33.2 Å². The summed E-state index contributed by atoms with van der Waals surface area (Å²) in [5.41, 5.74) is 2.53. The third-order valence-corrected chi connectivity index (χ3v) is 8.06. The first-order valence-electron chi connectivity index (χ1n) is 14.7. The molecule has 3 aliphatic heterocycles. The van der Waals surface area contributed by atoms with Gasteiger partial charge in [0.25, 0.3) is 0 Å². The zero-order valence-corrected chi connectivity index (χ0v) is 31.7. The van der Waals surface area contributed by atoms with Crippen molar-refractivity contribution in [1.82, 2.24) is 0 Å². The fourth-order valence-electron chi connectivity index (χ4n) is 6.48. The van der Waals surface area contributed by atoms with Gasteiger partial charge in [-0.1, -0.05) is 162 Å². The van der Waals surface area contributed by atoms with Crippen LogP contribution in [0, 0.1) is 17.3 Å². The normalized spacial score (nSPS) is 29.1. The predicted octanol–water partition coefficient (Wildman–Crippen LogP) is 11.2. The molecule has 4 aliphatic rings. The van der Waals surface area contributed by atoms with Gasteiger partial charge in [-0.3, -0.25) is 0 Å². The third-order valence-electron chi connectivity index (χ3n) is 8.06. The van der Waals surface area contributed by atoms with E-state index in [1.807, 2.05) is 0 Å². The number of hydrogen-bond acceptors (Lipinski definition) is 0. The van der Waals surface area contributed by atoms with Crippen molar-refractivity contribution in [2.45, 2.75) is 195 Å².